The lowest BCUT2D eigenvalue weighted by Crippen LogP contribution is -2.44. The molecule has 1 aromatic carbocycles. The fraction of sp³-hybridized carbons (Fsp3) is 0.429. The monoisotopic (exact) mass is 428 g/mol. The van der Waals surface area contributed by atoms with Crippen LogP contribution < -0.4 is 15.0 Å². The van der Waals surface area contributed by atoms with Crippen LogP contribution in [0.2, 0.25) is 0 Å². The van der Waals surface area contributed by atoms with Crippen molar-refractivity contribution in [3.8, 4) is 5.75 Å². The van der Waals surface area contributed by atoms with Crippen molar-refractivity contribution in [1.29, 1.82) is 0 Å². The minimum Gasteiger partial charge on any atom is -0.497 e. The average molecular weight is 429 g/mol. The summed E-state index contributed by atoms with van der Waals surface area (Å²) in [6.07, 6.45) is 3.09. The number of amides is 3. The van der Waals surface area contributed by atoms with Crippen LogP contribution in [0.15, 0.2) is 35.8 Å². The number of nitrogens with zero attached hydrogens (tertiary/aromatic N) is 3. The lowest BCUT2D eigenvalue weighted by Gasteiger charge is -2.32. The lowest BCUT2D eigenvalue weighted by atomic mass is 9.94. The SMILES string of the molecule is COc1cccc(N2CC(C(=O)N3CCC(C(=O)Nc4nccs4)CC3)CC2=O)c1. The van der Waals surface area contributed by atoms with E-state index in [2.05, 4.69) is 10.3 Å². The van der Waals surface area contributed by atoms with E-state index in [1.807, 2.05) is 23.6 Å². The maximum absolute atomic E-state index is 13.0. The van der Waals surface area contributed by atoms with Crippen molar-refractivity contribution in [2.75, 3.05) is 37.0 Å². The molecule has 8 nitrogen and oxygen atoms in total. The summed E-state index contributed by atoms with van der Waals surface area (Å²) >= 11 is 1.39. The van der Waals surface area contributed by atoms with Crippen molar-refractivity contribution >= 4 is 39.9 Å². The molecule has 1 unspecified atom stereocenters. The lowest BCUT2D eigenvalue weighted by molar-refractivity contribution is -0.138. The molecule has 2 aliphatic heterocycles. The zero-order valence-electron chi connectivity index (χ0n) is 16.7. The van der Waals surface area contributed by atoms with Crippen LogP contribution in [0.4, 0.5) is 10.8 Å². The van der Waals surface area contributed by atoms with Crippen LogP contribution in [0.5, 0.6) is 5.75 Å². The number of hydrogen-bond acceptors (Lipinski definition) is 6. The number of likely N-dealkylation sites (tertiary alicyclic amines) is 1. The van der Waals surface area contributed by atoms with Crippen LogP contribution in [0.25, 0.3) is 0 Å². The quantitative estimate of drug-likeness (QED) is 0.790. The van der Waals surface area contributed by atoms with Gasteiger partial charge in [0.1, 0.15) is 5.75 Å². The van der Waals surface area contributed by atoms with Crippen LogP contribution >= 0.6 is 11.3 Å². The minimum atomic E-state index is -0.357. The summed E-state index contributed by atoms with van der Waals surface area (Å²) in [4.78, 5) is 45.4. The van der Waals surface area contributed by atoms with Gasteiger partial charge in [0.15, 0.2) is 5.13 Å². The van der Waals surface area contributed by atoms with Crippen molar-refractivity contribution in [3.63, 3.8) is 0 Å². The molecule has 158 valence electrons. The number of carbonyl (C=O) groups excluding carboxylic acids is 3. The third-order valence-electron chi connectivity index (χ3n) is 5.68. The van der Waals surface area contributed by atoms with Crippen molar-refractivity contribution in [2.24, 2.45) is 11.8 Å². The summed E-state index contributed by atoms with van der Waals surface area (Å²) in [6.45, 7) is 1.42. The number of rotatable bonds is 5. The van der Waals surface area contributed by atoms with Gasteiger partial charge < -0.3 is 19.9 Å². The number of piperidine rings is 1. The summed E-state index contributed by atoms with van der Waals surface area (Å²) in [7, 11) is 1.58. The molecule has 30 heavy (non-hydrogen) atoms. The Hall–Kier alpha value is -2.94. The van der Waals surface area contributed by atoms with E-state index in [9.17, 15) is 14.4 Å². The first-order valence-electron chi connectivity index (χ1n) is 9.98. The predicted octanol–water partition coefficient (Wildman–Crippen LogP) is 2.38. The van der Waals surface area contributed by atoms with Crippen LogP contribution in [0.3, 0.4) is 0 Å². The fourth-order valence-electron chi connectivity index (χ4n) is 4.01. The van der Waals surface area contributed by atoms with Gasteiger partial charge in [0, 0.05) is 55.3 Å². The van der Waals surface area contributed by atoms with E-state index in [0.717, 1.165) is 5.69 Å². The molecule has 2 fully saturated rings. The number of thiazole rings is 1. The molecule has 0 saturated carbocycles. The number of aromatic nitrogens is 1. The molecule has 0 radical (unpaired) electrons. The number of nitrogens with one attached hydrogen (secondary N) is 1. The predicted molar refractivity (Wildman–Crippen MR) is 114 cm³/mol. The molecular weight excluding hydrogens is 404 g/mol. The fourth-order valence-corrected chi connectivity index (χ4v) is 4.55. The van der Waals surface area contributed by atoms with Gasteiger partial charge in [-0.25, -0.2) is 4.98 Å². The molecule has 2 aliphatic rings. The Balaban J connectivity index is 1.32. The summed E-state index contributed by atoms with van der Waals surface area (Å²) in [5.41, 5.74) is 0.743. The highest BCUT2D eigenvalue weighted by Gasteiger charge is 2.38. The highest BCUT2D eigenvalue weighted by atomic mass is 32.1. The van der Waals surface area contributed by atoms with Crippen LogP contribution in [-0.2, 0) is 14.4 Å². The Morgan fingerprint density at radius 1 is 1.23 bits per heavy atom. The second-order valence-corrected chi connectivity index (χ2v) is 8.43. The Morgan fingerprint density at radius 2 is 2.03 bits per heavy atom. The number of methoxy groups -OCH3 is 1. The molecule has 1 N–H and O–H groups in total. The Kier molecular flexibility index (Phi) is 5.98. The largest absolute Gasteiger partial charge is 0.497 e. The molecular formula is C21H24N4O4S. The maximum Gasteiger partial charge on any atom is 0.229 e. The van der Waals surface area contributed by atoms with E-state index in [4.69, 9.17) is 4.74 Å². The molecule has 4 rings (SSSR count). The van der Waals surface area contributed by atoms with Gasteiger partial charge in [-0.3, -0.25) is 14.4 Å². The van der Waals surface area contributed by atoms with Gasteiger partial charge >= 0.3 is 0 Å². The van der Waals surface area contributed by atoms with E-state index in [1.165, 1.54) is 11.3 Å². The molecule has 2 saturated heterocycles. The van der Waals surface area contributed by atoms with Gasteiger partial charge in [-0.1, -0.05) is 6.07 Å². The zero-order valence-corrected chi connectivity index (χ0v) is 17.6. The summed E-state index contributed by atoms with van der Waals surface area (Å²) in [6, 6.07) is 7.30. The summed E-state index contributed by atoms with van der Waals surface area (Å²) in [5.74, 6) is 0.0816. The van der Waals surface area contributed by atoms with Crippen molar-refractivity contribution in [3.05, 3.63) is 35.8 Å². The number of ether oxygens (including phenoxy) is 1. The molecule has 0 aliphatic carbocycles. The third-order valence-corrected chi connectivity index (χ3v) is 6.37. The van der Waals surface area contributed by atoms with E-state index in [1.54, 1.807) is 29.2 Å². The van der Waals surface area contributed by atoms with Crippen molar-refractivity contribution in [2.45, 2.75) is 19.3 Å². The molecule has 9 heteroatoms. The standard InChI is InChI=1S/C21H24N4O4S/c1-29-17-4-2-3-16(12-17)25-13-15(11-18(25)26)20(28)24-8-5-14(6-9-24)19(27)23-21-22-7-10-30-21/h2-4,7,10,12,14-15H,5-6,8-9,11,13H2,1H3,(H,22,23,27). The molecule has 1 aromatic heterocycles. The van der Waals surface area contributed by atoms with E-state index in [0.29, 0.717) is 43.4 Å². The number of carbonyl (C=O) groups is 3. The van der Waals surface area contributed by atoms with Gasteiger partial charge in [0.25, 0.3) is 0 Å². The van der Waals surface area contributed by atoms with Crippen molar-refractivity contribution < 1.29 is 19.1 Å². The Morgan fingerprint density at radius 3 is 2.73 bits per heavy atom. The van der Waals surface area contributed by atoms with Gasteiger partial charge in [-0.2, -0.15) is 0 Å². The second-order valence-electron chi connectivity index (χ2n) is 7.53. The van der Waals surface area contributed by atoms with Crippen LogP contribution in [0, 0.1) is 11.8 Å². The van der Waals surface area contributed by atoms with Crippen molar-refractivity contribution in [1.82, 2.24) is 9.88 Å². The van der Waals surface area contributed by atoms with Crippen LogP contribution in [-0.4, -0.2) is 54.3 Å². The first-order valence-corrected chi connectivity index (χ1v) is 10.9. The highest BCUT2D eigenvalue weighted by molar-refractivity contribution is 7.13. The summed E-state index contributed by atoms with van der Waals surface area (Å²) < 4.78 is 5.23. The molecule has 0 spiro atoms. The van der Waals surface area contributed by atoms with E-state index < -0.39 is 0 Å². The van der Waals surface area contributed by atoms with Gasteiger partial charge in [-0.15, -0.1) is 11.3 Å². The molecule has 1 atom stereocenters. The topological polar surface area (TPSA) is 91.8 Å². The number of benzene rings is 1. The minimum absolute atomic E-state index is 0.00692. The first-order chi connectivity index (χ1) is 14.5. The molecule has 0 bridgehead atoms. The van der Waals surface area contributed by atoms with Gasteiger partial charge in [-0.05, 0) is 25.0 Å². The molecule has 3 amide bonds. The number of hydrogen-bond donors (Lipinski definition) is 1. The normalized spacial score (nSPS) is 19.8. The van der Waals surface area contributed by atoms with Crippen LogP contribution in [0.1, 0.15) is 19.3 Å². The van der Waals surface area contributed by atoms with E-state index in [-0.39, 0.29) is 36.0 Å². The second kappa shape index (κ2) is 8.83. The van der Waals surface area contributed by atoms with Gasteiger partial charge in [0.05, 0.1) is 13.0 Å². The smallest absolute Gasteiger partial charge is 0.229 e. The average Bonchev–Trinajstić information content (AvgIpc) is 3.43. The summed E-state index contributed by atoms with van der Waals surface area (Å²) in [5, 5.41) is 5.25. The third kappa shape index (κ3) is 4.30. The number of anilines is 2. The zero-order chi connectivity index (χ0) is 21.1. The molecule has 2 aromatic rings. The molecule has 3 heterocycles. The Bertz CT molecular complexity index is 925. The maximum atomic E-state index is 13.0. The Labute approximate surface area is 178 Å². The first kappa shape index (κ1) is 20.3. The van der Waals surface area contributed by atoms with E-state index >= 15 is 0 Å². The van der Waals surface area contributed by atoms with Gasteiger partial charge in [0.2, 0.25) is 17.7 Å². The highest BCUT2D eigenvalue weighted by Crippen LogP contribution is 2.30.